The molecule has 0 fully saturated rings. The van der Waals surface area contributed by atoms with Crippen LogP contribution in [0.5, 0.6) is 0 Å². The molecule has 1 N–H and O–H groups in total. The minimum atomic E-state index is -0.417. The van der Waals surface area contributed by atoms with Crippen LogP contribution >= 0.6 is 0 Å². The molecule has 1 aromatic heterocycles. The Morgan fingerprint density at radius 1 is 0.750 bits per heavy atom. The molecule has 0 bridgehead atoms. The second-order valence-electron chi connectivity index (χ2n) is 15.7. The van der Waals surface area contributed by atoms with Gasteiger partial charge in [-0.25, -0.2) is 0 Å². The maximum Gasteiger partial charge on any atom is 0.164 e. The summed E-state index contributed by atoms with van der Waals surface area (Å²) < 4.78 is 0. The number of aromatic nitrogens is 1. The summed E-state index contributed by atoms with van der Waals surface area (Å²) in [5.41, 5.74) is 10.8. The van der Waals surface area contributed by atoms with Gasteiger partial charge in [-0.05, 0) is 57.7 Å². The van der Waals surface area contributed by atoms with Crippen molar-refractivity contribution < 1.29 is 30.0 Å². The zero-order valence-electron chi connectivity index (χ0n) is 29.8. The molecule has 4 heteroatoms. The van der Waals surface area contributed by atoms with Gasteiger partial charge in [-0.2, -0.15) is 0 Å². The summed E-state index contributed by atoms with van der Waals surface area (Å²) in [6, 6.07) is 34.4. The van der Waals surface area contributed by atoms with Gasteiger partial charge in [0.25, 0.3) is 0 Å². The molecule has 1 heterocycles. The fraction of sp³-hybridized carbons (Fsp3) is 0.318. The maximum absolute atomic E-state index is 11.5. The van der Waals surface area contributed by atoms with Gasteiger partial charge < -0.3 is 5.11 Å². The van der Waals surface area contributed by atoms with E-state index in [9.17, 15) is 9.90 Å². The van der Waals surface area contributed by atoms with Gasteiger partial charge in [-0.15, -0.1) is 29.1 Å². The third-order valence-corrected chi connectivity index (χ3v) is 8.82. The number of carbonyl (C=O) groups is 1. The smallest absolute Gasteiger partial charge is 0.164 e. The second-order valence-corrected chi connectivity index (χ2v) is 15.7. The van der Waals surface area contributed by atoms with E-state index in [1.807, 2.05) is 47.7 Å². The van der Waals surface area contributed by atoms with Crippen LogP contribution < -0.4 is 0 Å². The van der Waals surface area contributed by atoms with Crippen molar-refractivity contribution in [3.8, 4) is 33.5 Å². The average molecular weight is 815 g/mol. The summed E-state index contributed by atoms with van der Waals surface area (Å²) in [6.45, 7) is 18.0. The number of fused-ring (bicyclic) bond motifs is 4. The third-order valence-electron chi connectivity index (χ3n) is 8.82. The molecular formula is C44H48IrNO2-. The molecule has 0 aliphatic heterocycles. The van der Waals surface area contributed by atoms with Crippen molar-refractivity contribution in [2.75, 3.05) is 0 Å². The largest absolute Gasteiger partial charge is 0.512 e. The molecule has 0 spiro atoms. The van der Waals surface area contributed by atoms with Gasteiger partial charge in [-0.1, -0.05) is 140 Å². The quantitative estimate of drug-likeness (QED) is 0.112. The van der Waals surface area contributed by atoms with Crippen molar-refractivity contribution in [1.29, 1.82) is 0 Å². The molecule has 0 amide bonds. The van der Waals surface area contributed by atoms with E-state index in [1.165, 1.54) is 50.4 Å². The molecule has 0 atom stereocenters. The first-order chi connectivity index (χ1) is 22.0. The van der Waals surface area contributed by atoms with Gasteiger partial charge >= 0.3 is 0 Å². The average Bonchev–Trinajstić information content (AvgIpc) is 3.03. The number of allylic oxidation sites excluding steroid dienone is 2. The number of nitrogens with zero attached hydrogens (tertiary/aromatic N) is 1. The molecule has 6 rings (SSSR count). The van der Waals surface area contributed by atoms with Crippen molar-refractivity contribution in [3.05, 3.63) is 126 Å². The Hall–Kier alpha value is -3.85. The molecule has 251 valence electrons. The Balaban J connectivity index is 0.000000319. The number of aliphatic hydroxyl groups excluding tert-OH is 1. The summed E-state index contributed by atoms with van der Waals surface area (Å²) in [4.78, 5) is 16.4. The Bertz CT molecular complexity index is 1950. The minimum absolute atomic E-state index is 0. The van der Waals surface area contributed by atoms with Crippen LogP contribution in [-0.4, -0.2) is 15.9 Å². The summed E-state index contributed by atoms with van der Waals surface area (Å²) >= 11 is 0. The monoisotopic (exact) mass is 815 g/mol. The topological polar surface area (TPSA) is 50.2 Å². The van der Waals surface area contributed by atoms with Crippen molar-refractivity contribution in [2.45, 2.75) is 80.6 Å². The zero-order valence-corrected chi connectivity index (χ0v) is 32.2. The van der Waals surface area contributed by atoms with Crippen LogP contribution in [0.4, 0.5) is 0 Å². The van der Waals surface area contributed by atoms with E-state index < -0.39 is 5.41 Å². The molecule has 1 radical (unpaired) electrons. The van der Waals surface area contributed by atoms with E-state index in [1.54, 1.807) is 0 Å². The molecule has 48 heavy (non-hydrogen) atoms. The Morgan fingerprint density at radius 3 is 2.06 bits per heavy atom. The van der Waals surface area contributed by atoms with Crippen molar-refractivity contribution in [3.63, 3.8) is 0 Å². The summed E-state index contributed by atoms with van der Waals surface area (Å²) in [7, 11) is 0. The summed E-state index contributed by atoms with van der Waals surface area (Å²) in [5, 5.41) is 12.0. The van der Waals surface area contributed by atoms with Crippen LogP contribution in [0.25, 0.3) is 44.3 Å². The Morgan fingerprint density at radius 2 is 1.42 bits per heavy atom. The number of aryl methyl sites for hydroxylation is 1. The predicted molar refractivity (Wildman–Crippen MR) is 198 cm³/mol. The fourth-order valence-corrected chi connectivity index (χ4v) is 5.90. The molecule has 1 aliphatic rings. The van der Waals surface area contributed by atoms with Crippen LogP contribution in [0, 0.1) is 16.9 Å². The van der Waals surface area contributed by atoms with E-state index in [4.69, 9.17) is 4.98 Å². The Kier molecular flexibility index (Phi) is 11.0. The van der Waals surface area contributed by atoms with Gasteiger partial charge in [-0.3, -0.25) is 9.78 Å². The van der Waals surface area contributed by atoms with Crippen molar-refractivity contribution in [1.82, 2.24) is 4.98 Å². The van der Waals surface area contributed by atoms with Gasteiger partial charge in [0, 0.05) is 48.9 Å². The predicted octanol–water partition coefficient (Wildman–Crippen LogP) is 11.5. The molecule has 0 saturated carbocycles. The molecular weight excluding hydrogens is 767 g/mol. The molecule has 5 aromatic rings. The molecule has 0 unspecified atom stereocenters. The number of hydrogen-bond acceptors (Lipinski definition) is 3. The SMILES string of the molecule is CC(C)(C)C(=O)/C=C(\O)C(C)(C)C.CC(C)(C)c1cc(-c2nccc3c2CCc2cc(-c4ccccc4)ccc2-3)[c-]c2ccccc12.[Ir]. The number of rotatable bonds is 3. The third kappa shape index (κ3) is 8.23. The van der Waals surface area contributed by atoms with Crippen LogP contribution in [0.2, 0.25) is 0 Å². The first-order valence-electron chi connectivity index (χ1n) is 16.6. The first-order valence-corrected chi connectivity index (χ1v) is 16.6. The second kappa shape index (κ2) is 14.3. The zero-order chi connectivity index (χ0) is 34.1. The number of benzene rings is 4. The number of ketones is 1. The van der Waals surface area contributed by atoms with Crippen LogP contribution in [0.3, 0.4) is 0 Å². The summed E-state index contributed by atoms with van der Waals surface area (Å²) in [5.74, 6) is 0.104. The summed E-state index contributed by atoms with van der Waals surface area (Å²) in [6.07, 6.45) is 5.32. The fourth-order valence-electron chi connectivity index (χ4n) is 5.90. The molecule has 1 aliphatic carbocycles. The van der Waals surface area contributed by atoms with Crippen molar-refractivity contribution >= 4 is 16.6 Å². The minimum Gasteiger partial charge on any atom is -0.512 e. The van der Waals surface area contributed by atoms with E-state index in [0.29, 0.717) is 0 Å². The molecule has 4 aromatic carbocycles. The van der Waals surface area contributed by atoms with E-state index in [2.05, 4.69) is 112 Å². The van der Waals surface area contributed by atoms with Crippen LogP contribution in [-0.2, 0) is 43.2 Å². The molecule has 3 nitrogen and oxygen atoms in total. The first kappa shape index (κ1) is 37.0. The molecule has 0 saturated heterocycles. The van der Waals surface area contributed by atoms with Crippen LogP contribution in [0.1, 0.15) is 79.0 Å². The van der Waals surface area contributed by atoms with Crippen molar-refractivity contribution in [2.24, 2.45) is 10.8 Å². The van der Waals surface area contributed by atoms with Gasteiger partial charge in [0.1, 0.15) is 5.76 Å². The van der Waals surface area contributed by atoms with E-state index >= 15 is 0 Å². The van der Waals surface area contributed by atoms with Gasteiger partial charge in [0.2, 0.25) is 0 Å². The van der Waals surface area contributed by atoms with Gasteiger partial charge in [0.05, 0.1) is 0 Å². The number of aliphatic hydroxyl groups is 1. The van der Waals surface area contributed by atoms with E-state index in [0.717, 1.165) is 29.5 Å². The number of carbonyl (C=O) groups excluding carboxylic acids is 1. The number of hydrogen-bond donors (Lipinski definition) is 1. The van der Waals surface area contributed by atoms with Gasteiger partial charge in [0.15, 0.2) is 5.78 Å². The standard InChI is InChI=1S/C33H28N.C11H20O2.Ir/c1-33(2,3)31-21-26(20-24-11-7-8-12-28(24)31)32-30-16-14-25-19-23(22-9-5-4-6-10-22)13-15-27(25)29(30)17-18-34-32;1-10(2,3)8(12)7-9(13)11(4,5)6;/h4-13,15,17-19,21H,14,16H2,1-3H3;7,12H,1-6H3;/q-1;;/b;8-7-;. The number of pyridine rings is 1. The maximum atomic E-state index is 11.5. The van der Waals surface area contributed by atoms with Crippen LogP contribution in [0.15, 0.2) is 103 Å². The Labute approximate surface area is 300 Å². The van der Waals surface area contributed by atoms with E-state index in [-0.39, 0.29) is 42.5 Å². The normalized spacial score (nSPS) is 13.1.